The molecule has 0 saturated heterocycles. The van der Waals surface area contributed by atoms with E-state index in [2.05, 4.69) is 0 Å². The highest BCUT2D eigenvalue weighted by molar-refractivity contribution is 6.02. The summed E-state index contributed by atoms with van der Waals surface area (Å²) in [5, 5.41) is 0. The predicted molar refractivity (Wildman–Crippen MR) is 66.5 cm³/mol. The number of ketones is 1. The maximum Gasteiger partial charge on any atom is 0.460 e. The van der Waals surface area contributed by atoms with Gasteiger partial charge in [-0.3, -0.25) is 4.79 Å². The van der Waals surface area contributed by atoms with Gasteiger partial charge in [0.05, 0.1) is 0 Å². The zero-order valence-electron chi connectivity index (χ0n) is 13.5. The van der Waals surface area contributed by atoms with Crippen molar-refractivity contribution in [2.24, 2.45) is 0 Å². The number of alkyl halides is 15. The SMILES string of the molecule is O=C(c1ccccc1)C(F)(F)C(F)(F)C(F)(F)C(F)(F)C(F)(F)C(F)(F)C(F)(F)F. The highest BCUT2D eigenvalue weighted by Gasteiger charge is 2.93. The minimum absolute atomic E-state index is 0.287. The first-order valence-corrected chi connectivity index (χ1v) is 6.95. The molecule has 30 heavy (non-hydrogen) atoms. The van der Waals surface area contributed by atoms with Gasteiger partial charge in [-0.15, -0.1) is 0 Å². The summed E-state index contributed by atoms with van der Waals surface area (Å²) in [6, 6.07) is 2.96. The summed E-state index contributed by atoms with van der Waals surface area (Å²) in [6.45, 7) is 0. The second-order valence-corrected chi connectivity index (χ2v) is 5.64. The molecule has 0 fully saturated rings. The monoisotopic (exact) mass is 474 g/mol. The molecule has 0 aliphatic rings. The molecule has 0 heterocycles. The molecule has 0 N–H and O–H groups in total. The lowest BCUT2D eigenvalue weighted by Gasteiger charge is -2.41. The Labute approximate surface area is 155 Å². The maximum atomic E-state index is 13.7. The normalized spacial score (nSPS) is 15.3. The lowest BCUT2D eigenvalue weighted by Crippen LogP contribution is -2.73. The summed E-state index contributed by atoms with van der Waals surface area (Å²) in [7, 11) is 0. The molecule has 1 aromatic rings. The second kappa shape index (κ2) is 6.93. The Balaban J connectivity index is 3.61. The molecule has 1 aromatic carbocycles. The molecule has 0 aromatic heterocycles. The topological polar surface area (TPSA) is 17.1 Å². The van der Waals surface area contributed by atoms with Gasteiger partial charge in [0.1, 0.15) is 0 Å². The van der Waals surface area contributed by atoms with Crippen LogP contribution in [0.3, 0.4) is 0 Å². The zero-order chi connectivity index (χ0) is 24.2. The maximum absolute atomic E-state index is 13.7. The summed E-state index contributed by atoms with van der Waals surface area (Å²) in [5.74, 6) is -51.2. The van der Waals surface area contributed by atoms with Gasteiger partial charge in [-0.1, -0.05) is 30.3 Å². The second-order valence-electron chi connectivity index (χ2n) is 5.64. The van der Waals surface area contributed by atoms with E-state index in [9.17, 15) is 70.7 Å². The van der Waals surface area contributed by atoms with E-state index in [1.807, 2.05) is 0 Å². The summed E-state index contributed by atoms with van der Waals surface area (Å²) < 4.78 is 195. The summed E-state index contributed by atoms with van der Waals surface area (Å²) >= 11 is 0. The van der Waals surface area contributed by atoms with Gasteiger partial charge in [0.2, 0.25) is 5.78 Å². The van der Waals surface area contributed by atoms with E-state index in [0.29, 0.717) is 12.1 Å². The van der Waals surface area contributed by atoms with E-state index in [1.54, 1.807) is 0 Å². The van der Waals surface area contributed by atoms with Gasteiger partial charge in [0.15, 0.2) is 0 Å². The van der Waals surface area contributed by atoms with Crippen molar-refractivity contribution in [3.8, 4) is 0 Å². The van der Waals surface area contributed by atoms with E-state index in [4.69, 9.17) is 0 Å². The van der Waals surface area contributed by atoms with Crippen molar-refractivity contribution in [1.82, 2.24) is 0 Å². The molecule has 0 aliphatic carbocycles. The Hall–Kier alpha value is -2.16. The van der Waals surface area contributed by atoms with Crippen molar-refractivity contribution in [3.63, 3.8) is 0 Å². The van der Waals surface area contributed by atoms with Crippen LogP contribution in [0.15, 0.2) is 30.3 Å². The highest BCUT2D eigenvalue weighted by atomic mass is 19.4. The summed E-state index contributed by atoms with van der Waals surface area (Å²) in [5.41, 5.74) is -1.52. The molecule has 0 amide bonds. The van der Waals surface area contributed by atoms with Crippen LogP contribution in [-0.2, 0) is 0 Å². The summed E-state index contributed by atoms with van der Waals surface area (Å²) in [4.78, 5) is 11.4. The highest BCUT2D eigenvalue weighted by Crippen LogP contribution is 2.62. The van der Waals surface area contributed by atoms with Crippen molar-refractivity contribution in [1.29, 1.82) is 0 Å². The van der Waals surface area contributed by atoms with E-state index in [1.165, 1.54) is 0 Å². The number of hydrogen-bond donors (Lipinski definition) is 0. The number of halogens is 15. The Morgan fingerprint density at radius 2 is 0.833 bits per heavy atom. The number of hydrogen-bond acceptors (Lipinski definition) is 1. The van der Waals surface area contributed by atoms with Crippen molar-refractivity contribution in [2.45, 2.75) is 41.7 Å². The largest absolute Gasteiger partial charge is 0.460 e. The lowest BCUT2D eigenvalue weighted by atomic mass is 9.88. The van der Waals surface area contributed by atoms with Crippen LogP contribution in [0.25, 0.3) is 0 Å². The average molecular weight is 474 g/mol. The van der Waals surface area contributed by atoms with Gasteiger partial charge >= 0.3 is 41.7 Å². The van der Waals surface area contributed by atoms with Gasteiger partial charge in [-0.2, -0.15) is 65.9 Å². The van der Waals surface area contributed by atoms with Gasteiger partial charge in [0.25, 0.3) is 0 Å². The standard InChI is InChI=1S/C14H5F15O/c15-8(16,7(30)6-4-2-1-3-5-6)9(17,18)10(19,20)11(21,22)12(23,24)13(25,26)14(27,28)29/h1-5H. The van der Waals surface area contributed by atoms with E-state index < -0.39 is 53.1 Å². The molecule has 16 heteroatoms. The number of benzene rings is 1. The Kier molecular flexibility index (Phi) is 5.98. The van der Waals surface area contributed by atoms with Crippen molar-refractivity contribution in [2.75, 3.05) is 0 Å². The van der Waals surface area contributed by atoms with Crippen LogP contribution in [0.2, 0.25) is 0 Å². The van der Waals surface area contributed by atoms with Crippen LogP contribution in [0.4, 0.5) is 65.9 Å². The zero-order valence-corrected chi connectivity index (χ0v) is 13.5. The number of carbonyl (C=O) groups is 1. The van der Waals surface area contributed by atoms with E-state index in [-0.39, 0.29) is 12.1 Å². The fourth-order valence-electron chi connectivity index (χ4n) is 1.88. The minimum Gasteiger partial charge on any atom is -0.287 e. The molecule has 0 radical (unpaired) electrons. The molecule has 1 nitrogen and oxygen atoms in total. The van der Waals surface area contributed by atoms with Crippen LogP contribution in [0, 0.1) is 0 Å². The molecule has 0 aliphatic heterocycles. The van der Waals surface area contributed by atoms with E-state index >= 15 is 0 Å². The van der Waals surface area contributed by atoms with Gasteiger partial charge in [0, 0.05) is 5.56 Å². The lowest BCUT2D eigenvalue weighted by molar-refractivity contribution is -0.449. The Morgan fingerprint density at radius 1 is 0.500 bits per heavy atom. The van der Waals surface area contributed by atoms with Gasteiger partial charge < -0.3 is 0 Å². The smallest absolute Gasteiger partial charge is 0.287 e. The van der Waals surface area contributed by atoms with Crippen LogP contribution in [0.1, 0.15) is 10.4 Å². The molecular formula is C14H5F15O. The van der Waals surface area contributed by atoms with Crippen LogP contribution in [-0.4, -0.2) is 47.5 Å². The molecule has 0 bridgehead atoms. The average Bonchev–Trinajstić information content (AvgIpc) is 2.59. The van der Waals surface area contributed by atoms with Crippen LogP contribution >= 0.6 is 0 Å². The molecule has 1 rings (SSSR count). The quantitative estimate of drug-likeness (QED) is 0.338. The molecule has 0 saturated carbocycles. The van der Waals surface area contributed by atoms with Crippen molar-refractivity contribution < 1.29 is 70.7 Å². The first kappa shape index (κ1) is 25.9. The third-order valence-corrected chi connectivity index (χ3v) is 3.65. The van der Waals surface area contributed by atoms with E-state index in [0.717, 1.165) is 6.07 Å². The Bertz CT molecular complexity index is 778. The molecule has 0 spiro atoms. The fraction of sp³-hybridized carbons (Fsp3) is 0.500. The molecule has 172 valence electrons. The molecule has 0 unspecified atom stereocenters. The first-order valence-electron chi connectivity index (χ1n) is 6.95. The van der Waals surface area contributed by atoms with Gasteiger partial charge in [-0.05, 0) is 0 Å². The predicted octanol–water partition coefficient (Wildman–Crippen LogP) is 6.24. The van der Waals surface area contributed by atoms with Crippen molar-refractivity contribution >= 4 is 5.78 Å². The van der Waals surface area contributed by atoms with Crippen LogP contribution in [0.5, 0.6) is 0 Å². The fourth-order valence-corrected chi connectivity index (χ4v) is 1.88. The third-order valence-electron chi connectivity index (χ3n) is 3.65. The number of Topliss-reactive ketones (excluding diaryl/α,β-unsaturated/α-hetero) is 1. The molecular weight excluding hydrogens is 469 g/mol. The number of carbonyl (C=O) groups excluding carboxylic acids is 1. The first-order chi connectivity index (χ1) is 13.0. The molecule has 0 atom stereocenters. The van der Waals surface area contributed by atoms with Gasteiger partial charge in [-0.25, -0.2) is 0 Å². The number of rotatable bonds is 7. The van der Waals surface area contributed by atoms with Crippen molar-refractivity contribution in [3.05, 3.63) is 35.9 Å². The Morgan fingerprint density at radius 3 is 1.20 bits per heavy atom. The summed E-state index contributed by atoms with van der Waals surface area (Å²) in [6.07, 6.45) is -7.67. The van der Waals surface area contributed by atoms with Crippen LogP contribution < -0.4 is 0 Å². The minimum atomic E-state index is -8.41. The third kappa shape index (κ3) is 3.27.